The lowest BCUT2D eigenvalue weighted by molar-refractivity contribution is 0.727. The van der Waals surface area contributed by atoms with Gasteiger partial charge < -0.3 is 5.73 Å². The zero-order valence-electron chi connectivity index (χ0n) is 11.5. The first kappa shape index (κ1) is 14.0. The van der Waals surface area contributed by atoms with Crippen LogP contribution in [0.3, 0.4) is 0 Å². The van der Waals surface area contributed by atoms with E-state index in [1.807, 2.05) is 30.5 Å². The van der Waals surface area contributed by atoms with E-state index in [-0.39, 0.29) is 0 Å². The number of unbranched alkanes of at least 4 members (excludes halogenated alkanes) is 1. The Morgan fingerprint density at radius 2 is 2.10 bits per heavy atom. The molecule has 0 atom stereocenters. The summed E-state index contributed by atoms with van der Waals surface area (Å²) in [4.78, 5) is 4.41. The molecule has 6 heteroatoms. The molecule has 0 aliphatic heterocycles. The predicted molar refractivity (Wildman–Crippen MR) is 83.7 cm³/mol. The summed E-state index contributed by atoms with van der Waals surface area (Å²) in [7, 11) is 0. The molecular weight excluding hydrogens is 286 g/mol. The van der Waals surface area contributed by atoms with E-state index in [1.54, 1.807) is 10.9 Å². The molecule has 2 heterocycles. The third-order valence-corrected chi connectivity index (χ3v) is 3.70. The van der Waals surface area contributed by atoms with Gasteiger partial charge in [-0.15, -0.1) is 5.10 Å². The molecule has 108 valence electrons. The summed E-state index contributed by atoms with van der Waals surface area (Å²) in [5.41, 5.74) is 8.17. The summed E-state index contributed by atoms with van der Waals surface area (Å²) < 4.78 is 1.75. The van der Waals surface area contributed by atoms with Crippen LogP contribution in [-0.2, 0) is 6.42 Å². The number of pyridine rings is 1. The van der Waals surface area contributed by atoms with Gasteiger partial charge in [-0.1, -0.05) is 16.8 Å². The van der Waals surface area contributed by atoms with Crippen molar-refractivity contribution in [2.24, 2.45) is 5.73 Å². The van der Waals surface area contributed by atoms with Crippen molar-refractivity contribution in [1.82, 2.24) is 20.0 Å². The molecule has 3 aromatic rings. The second kappa shape index (κ2) is 6.20. The molecule has 0 aliphatic rings. The summed E-state index contributed by atoms with van der Waals surface area (Å²) in [6, 6.07) is 7.59. The van der Waals surface area contributed by atoms with E-state index in [4.69, 9.17) is 17.3 Å². The molecule has 1 aromatic carbocycles. The summed E-state index contributed by atoms with van der Waals surface area (Å²) in [6.07, 6.45) is 6.60. The molecule has 0 amide bonds. The third-order valence-electron chi connectivity index (χ3n) is 3.37. The van der Waals surface area contributed by atoms with Gasteiger partial charge in [0.15, 0.2) is 0 Å². The van der Waals surface area contributed by atoms with Gasteiger partial charge in [0.05, 0.1) is 28.1 Å². The first-order valence-corrected chi connectivity index (χ1v) is 7.32. The number of hydrogen-bond donors (Lipinski definition) is 1. The molecule has 0 saturated carbocycles. The van der Waals surface area contributed by atoms with Crippen LogP contribution in [0, 0.1) is 0 Å². The van der Waals surface area contributed by atoms with E-state index in [0.717, 1.165) is 41.5 Å². The Kier molecular flexibility index (Phi) is 4.13. The minimum absolute atomic E-state index is 0.685. The Morgan fingerprint density at radius 3 is 2.95 bits per heavy atom. The molecule has 0 saturated heterocycles. The first-order chi connectivity index (χ1) is 10.3. The Labute approximate surface area is 127 Å². The largest absolute Gasteiger partial charge is 0.330 e. The van der Waals surface area contributed by atoms with Crippen molar-refractivity contribution >= 4 is 22.5 Å². The number of fused-ring (bicyclic) bond motifs is 1. The molecule has 3 rings (SSSR count). The van der Waals surface area contributed by atoms with Crippen LogP contribution in [-0.4, -0.2) is 26.5 Å². The maximum absolute atomic E-state index is 6.21. The number of rotatable bonds is 5. The Bertz CT molecular complexity index is 753. The van der Waals surface area contributed by atoms with Gasteiger partial charge in [0.25, 0.3) is 0 Å². The number of aryl methyl sites for hydroxylation is 1. The molecule has 0 aliphatic carbocycles. The maximum Gasteiger partial charge on any atom is 0.0974 e. The van der Waals surface area contributed by atoms with E-state index in [1.165, 1.54) is 0 Å². The quantitative estimate of drug-likeness (QED) is 0.736. The average molecular weight is 302 g/mol. The van der Waals surface area contributed by atoms with Crippen molar-refractivity contribution < 1.29 is 0 Å². The molecule has 21 heavy (non-hydrogen) atoms. The molecule has 0 fully saturated rings. The average Bonchev–Trinajstić information content (AvgIpc) is 2.97. The van der Waals surface area contributed by atoms with Crippen molar-refractivity contribution in [1.29, 1.82) is 0 Å². The van der Waals surface area contributed by atoms with Crippen LogP contribution >= 0.6 is 11.6 Å². The SMILES string of the molecule is NCCCCc1cn(-c2ccc(Cl)c3cccnc23)nn1. The van der Waals surface area contributed by atoms with Gasteiger partial charge in [-0.05, 0) is 50.1 Å². The lowest BCUT2D eigenvalue weighted by Crippen LogP contribution is -1.99. The predicted octanol–water partition coefficient (Wildman–Crippen LogP) is 2.75. The van der Waals surface area contributed by atoms with Crippen molar-refractivity contribution in [2.45, 2.75) is 19.3 Å². The van der Waals surface area contributed by atoms with Crippen molar-refractivity contribution in [3.05, 3.63) is 47.4 Å². The molecule has 0 spiro atoms. The van der Waals surface area contributed by atoms with Gasteiger partial charge in [0.1, 0.15) is 0 Å². The van der Waals surface area contributed by atoms with Gasteiger partial charge in [0.2, 0.25) is 0 Å². The lowest BCUT2D eigenvalue weighted by atomic mass is 10.2. The van der Waals surface area contributed by atoms with Crippen LogP contribution in [0.25, 0.3) is 16.6 Å². The van der Waals surface area contributed by atoms with Crippen LogP contribution in [0.15, 0.2) is 36.7 Å². The zero-order valence-corrected chi connectivity index (χ0v) is 12.3. The summed E-state index contributed by atoms with van der Waals surface area (Å²) >= 11 is 6.21. The van der Waals surface area contributed by atoms with Crippen LogP contribution in [0.2, 0.25) is 5.02 Å². The normalized spacial score (nSPS) is 11.1. The van der Waals surface area contributed by atoms with E-state index >= 15 is 0 Å². The van der Waals surface area contributed by atoms with E-state index in [9.17, 15) is 0 Å². The molecular formula is C15H16ClN5. The lowest BCUT2D eigenvalue weighted by Gasteiger charge is -2.06. The fourth-order valence-electron chi connectivity index (χ4n) is 2.29. The van der Waals surface area contributed by atoms with Gasteiger partial charge in [-0.3, -0.25) is 4.98 Å². The van der Waals surface area contributed by atoms with Crippen LogP contribution < -0.4 is 5.73 Å². The standard InChI is InChI=1S/C15H16ClN5/c16-13-6-7-14(15-12(13)5-3-9-18-15)21-10-11(19-20-21)4-1-2-8-17/h3,5-7,9-10H,1-2,4,8,17H2. The monoisotopic (exact) mass is 301 g/mol. The minimum atomic E-state index is 0.685. The van der Waals surface area contributed by atoms with Crippen molar-refractivity contribution in [3.8, 4) is 5.69 Å². The smallest absolute Gasteiger partial charge is 0.0974 e. The Morgan fingerprint density at radius 1 is 1.19 bits per heavy atom. The fraction of sp³-hybridized carbons (Fsp3) is 0.267. The maximum atomic E-state index is 6.21. The van der Waals surface area contributed by atoms with E-state index in [2.05, 4.69) is 15.3 Å². The number of aromatic nitrogens is 4. The highest BCUT2D eigenvalue weighted by atomic mass is 35.5. The Balaban J connectivity index is 1.96. The number of halogens is 1. The molecule has 2 aromatic heterocycles. The van der Waals surface area contributed by atoms with E-state index < -0.39 is 0 Å². The number of nitrogens with two attached hydrogens (primary N) is 1. The number of benzene rings is 1. The third kappa shape index (κ3) is 2.89. The van der Waals surface area contributed by atoms with Gasteiger partial charge >= 0.3 is 0 Å². The topological polar surface area (TPSA) is 69.6 Å². The van der Waals surface area contributed by atoms with Crippen molar-refractivity contribution in [2.75, 3.05) is 6.54 Å². The summed E-state index contributed by atoms with van der Waals surface area (Å²) in [5.74, 6) is 0. The van der Waals surface area contributed by atoms with Gasteiger partial charge in [0, 0.05) is 11.6 Å². The second-order valence-electron chi connectivity index (χ2n) is 4.87. The number of hydrogen-bond acceptors (Lipinski definition) is 4. The first-order valence-electron chi connectivity index (χ1n) is 6.94. The van der Waals surface area contributed by atoms with Crippen LogP contribution in [0.1, 0.15) is 18.5 Å². The molecule has 0 radical (unpaired) electrons. The molecule has 0 unspecified atom stereocenters. The minimum Gasteiger partial charge on any atom is -0.330 e. The van der Waals surface area contributed by atoms with Gasteiger partial charge in [-0.25, -0.2) is 4.68 Å². The van der Waals surface area contributed by atoms with Gasteiger partial charge in [-0.2, -0.15) is 0 Å². The van der Waals surface area contributed by atoms with Crippen molar-refractivity contribution in [3.63, 3.8) is 0 Å². The van der Waals surface area contributed by atoms with Crippen LogP contribution in [0.4, 0.5) is 0 Å². The number of nitrogens with zero attached hydrogens (tertiary/aromatic N) is 4. The summed E-state index contributed by atoms with van der Waals surface area (Å²) in [6.45, 7) is 0.708. The fourth-order valence-corrected chi connectivity index (χ4v) is 2.50. The molecule has 2 N–H and O–H groups in total. The highest BCUT2D eigenvalue weighted by Gasteiger charge is 2.09. The molecule has 5 nitrogen and oxygen atoms in total. The molecule has 0 bridgehead atoms. The highest BCUT2D eigenvalue weighted by Crippen LogP contribution is 2.26. The second-order valence-corrected chi connectivity index (χ2v) is 5.27. The zero-order chi connectivity index (χ0) is 14.7. The highest BCUT2D eigenvalue weighted by molar-refractivity contribution is 6.35. The van der Waals surface area contributed by atoms with Crippen LogP contribution in [0.5, 0.6) is 0 Å². The van der Waals surface area contributed by atoms with E-state index in [0.29, 0.717) is 11.6 Å². The Hall–Kier alpha value is -1.98. The summed E-state index contributed by atoms with van der Waals surface area (Å²) in [5, 5.41) is 10.0.